The molecule has 0 spiro atoms. The first-order valence-electron chi connectivity index (χ1n) is 5.44. The molecule has 1 aromatic carbocycles. The van der Waals surface area contributed by atoms with E-state index < -0.39 is 11.9 Å². The minimum atomic E-state index is -1.14. The Kier molecular flexibility index (Phi) is 3.86. The standard InChI is InChI=1S/C13H9ClN2O4/c14-10-5-8(13(18)19)6-16-12(10)20-9-3-1-2-7(4-9)11(15)17/h1-6H,(H2,15,17)(H,18,19). The Balaban J connectivity index is 2.28. The smallest absolute Gasteiger partial charge is 0.337 e. The van der Waals surface area contributed by atoms with Crippen LogP contribution in [0.4, 0.5) is 0 Å². The van der Waals surface area contributed by atoms with Gasteiger partial charge in [-0.1, -0.05) is 17.7 Å². The van der Waals surface area contributed by atoms with E-state index in [1.807, 2.05) is 0 Å². The average Bonchev–Trinajstić information content (AvgIpc) is 2.41. The van der Waals surface area contributed by atoms with Crippen molar-refractivity contribution in [3.05, 3.63) is 52.7 Å². The van der Waals surface area contributed by atoms with Crippen LogP contribution in [0.2, 0.25) is 5.02 Å². The molecule has 0 saturated carbocycles. The van der Waals surface area contributed by atoms with Crippen molar-refractivity contribution in [2.24, 2.45) is 5.73 Å². The molecular formula is C13H9ClN2O4. The van der Waals surface area contributed by atoms with E-state index in [0.29, 0.717) is 5.75 Å². The van der Waals surface area contributed by atoms with E-state index in [4.69, 9.17) is 27.2 Å². The zero-order chi connectivity index (χ0) is 14.7. The predicted octanol–water partition coefficient (Wildman–Crippen LogP) is 2.32. The summed E-state index contributed by atoms with van der Waals surface area (Å²) in [6, 6.07) is 7.39. The number of aromatic carboxylic acids is 1. The first-order chi connectivity index (χ1) is 9.47. The fraction of sp³-hybridized carbons (Fsp3) is 0. The molecule has 2 rings (SSSR count). The van der Waals surface area contributed by atoms with Crippen LogP contribution in [0, 0.1) is 0 Å². The van der Waals surface area contributed by atoms with Gasteiger partial charge in [-0.25, -0.2) is 9.78 Å². The molecule has 102 valence electrons. The second-order valence-corrected chi connectivity index (χ2v) is 4.22. The van der Waals surface area contributed by atoms with Gasteiger partial charge in [-0.05, 0) is 24.3 Å². The summed E-state index contributed by atoms with van der Waals surface area (Å²) in [4.78, 5) is 25.6. The molecule has 7 heteroatoms. The van der Waals surface area contributed by atoms with E-state index in [2.05, 4.69) is 4.98 Å². The van der Waals surface area contributed by atoms with Gasteiger partial charge in [0.2, 0.25) is 11.8 Å². The number of nitrogens with two attached hydrogens (primary N) is 1. The Morgan fingerprint density at radius 3 is 2.60 bits per heavy atom. The second-order valence-electron chi connectivity index (χ2n) is 3.81. The lowest BCUT2D eigenvalue weighted by molar-refractivity contribution is 0.0696. The van der Waals surface area contributed by atoms with Crippen LogP contribution in [0.5, 0.6) is 11.6 Å². The molecule has 6 nitrogen and oxygen atoms in total. The number of carbonyl (C=O) groups excluding carboxylic acids is 1. The van der Waals surface area contributed by atoms with Crippen LogP contribution in [0.1, 0.15) is 20.7 Å². The molecule has 0 aliphatic heterocycles. The summed E-state index contributed by atoms with van der Waals surface area (Å²) in [6.07, 6.45) is 1.13. The van der Waals surface area contributed by atoms with Crippen molar-refractivity contribution in [2.75, 3.05) is 0 Å². The van der Waals surface area contributed by atoms with Crippen LogP contribution < -0.4 is 10.5 Å². The van der Waals surface area contributed by atoms with Crippen molar-refractivity contribution in [3.63, 3.8) is 0 Å². The summed E-state index contributed by atoms with van der Waals surface area (Å²) in [5.41, 5.74) is 5.39. The molecule has 0 atom stereocenters. The fourth-order valence-corrected chi connectivity index (χ4v) is 1.65. The van der Waals surface area contributed by atoms with Crippen molar-refractivity contribution in [3.8, 4) is 11.6 Å². The lowest BCUT2D eigenvalue weighted by Gasteiger charge is -2.07. The number of nitrogens with zero attached hydrogens (tertiary/aromatic N) is 1. The molecule has 0 saturated heterocycles. The van der Waals surface area contributed by atoms with Crippen molar-refractivity contribution in [2.45, 2.75) is 0 Å². The van der Waals surface area contributed by atoms with E-state index in [1.165, 1.54) is 18.2 Å². The molecule has 1 heterocycles. The van der Waals surface area contributed by atoms with Crippen molar-refractivity contribution >= 4 is 23.5 Å². The first kappa shape index (κ1) is 13.8. The van der Waals surface area contributed by atoms with Gasteiger partial charge in [0.1, 0.15) is 10.8 Å². The molecule has 0 radical (unpaired) electrons. The minimum absolute atomic E-state index is 0.0401. The Morgan fingerprint density at radius 1 is 1.25 bits per heavy atom. The zero-order valence-corrected chi connectivity index (χ0v) is 10.8. The van der Waals surface area contributed by atoms with Crippen molar-refractivity contribution in [1.29, 1.82) is 0 Å². The van der Waals surface area contributed by atoms with Gasteiger partial charge in [-0.2, -0.15) is 0 Å². The maximum Gasteiger partial charge on any atom is 0.337 e. The molecule has 0 aliphatic carbocycles. The van der Waals surface area contributed by atoms with Crippen molar-refractivity contribution in [1.82, 2.24) is 4.98 Å². The quantitative estimate of drug-likeness (QED) is 0.900. The maximum atomic E-state index is 11.1. The molecule has 0 bridgehead atoms. The lowest BCUT2D eigenvalue weighted by Crippen LogP contribution is -2.10. The SMILES string of the molecule is NC(=O)c1cccc(Oc2ncc(C(=O)O)cc2Cl)c1. The number of carbonyl (C=O) groups is 2. The van der Waals surface area contributed by atoms with Crippen LogP contribution in [0.3, 0.4) is 0 Å². The van der Waals surface area contributed by atoms with E-state index in [0.717, 1.165) is 6.20 Å². The summed E-state index contributed by atoms with van der Waals surface area (Å²) < 4.78 is 5.39. The molecular weight excluding hydrogens is 284 g/mol. The van der Waals surface area contributed by atoms with Gasteiger partial charge in [0, 0.05) is 11.8 Å². The van der Waals surface area contributed by atoms with Gasteiger partial charge >= 0.3 is 5.97 Å². The average molecular weight is 293 g/mol. The Bertz CT molecular complexity index is 688. The van der Waals surface area contributed by atoms with Crippen LogP contribution in [-0.2, 0) is 0 Å². The summed E-state index contributed by atoms with van der Waals surface area (Å²) in [7, 11) is 0. The van der Waals surface area contributed by atoms with Crippen molar-refractivity contribution < 1.29 is 19.4 Å². The number of hydrogen-bond acceptors (Lipinski definition) is 4. The van der Waals surface area contributed by atoms with Gasteiger partial charge in [0.05, 0.1) is 5.56 Å². The van der Waals surface area contributed by atoms with Crippen LogP contribution in [-0.4, -0.2) is 22.0 Å². The fourth-order valence-electron chi connectivity index (χ4n) is 1.44. The molecule has 2 aromatic rings. The number of amides is 1. The number of benzene rings is 1. The highest BCUT2D eigenvalue weighted by atomic mass is 35.5. The van der Waals surface area contributed by atoms with Crippen LogP contribution in [0.15, 0.2) is 36.5 Å². The third-order valence-electron chi connectivity index (χ3n) is 2.39. The number of hydrogen-bond donors (Lipinski definition) is 2. The van der Waals surface area contributed by atoms with E-state index in [-0.39, 0.29) is 22.0 Å². The third kappa shape index (κ3) is 3.04. The van der Waals surface area contributed by atoms with E-state index >= 15 is 0 Å². The van der Waals surface area contributed by atoms with Gasteiger partial charge < -0.3 is 15.6 Å². The Hall–Kier alpha value is -2.60. The minimum Gasteiger partial charge on any atom is -0.478 e. The second kappa shape index (κ2) is 5.58. The largest absolute Gasteiger partial charge is 0.478 e. The molecule has 0 fully saturated rings. The summed E-state index contributed by atoms with van der Waals surface area (Å²) in [5.74, 6) is -1.37. The number of ether oxygens (including phenoxy) is 1. The number of rotatable bonds is 4. The molecule has 20 heavy (non-hydrogen) atoms. The maximum absolute atomic E-state index is 11.1. The number of halogens is 1. The molecule has 3 N–H and O–H groups in total. The zero-order valence-electron chi connectivity index (χ0n) is 10.0. The summed E-state index contributed by atoms with van der Waals surface area (Å²) >= 11 is 5.88. The molecule has 0 aliphatic rings. The number of carboxylic acids is 1. The van der Waals surface area contributed by atoms with Gasteiger partial charge in [-0.3, -0.25) is 4.79 Å². The monoisotopic (exact) mass is 292 g/mol. The van der Waals surface area contributed by atoms with E-state index in [1.54, 1.807) is 12.1 Å². The number of primary amides is 1. The van der Waals surface area contributed by atoms with Crippen LogP contribution in [0.25, 0.3) is 0 Å². The number of aromatic nitrogens is 1. The molecule has 1 amide bonds. The summed E-state index contributed by atoms with van der Waals surface area (Å²) in [5, 5.41) is 8.85. The predicted molar refractivity (Wildman–Crippen MR) is 71.2 cm³/mol. The van der Waals surface area contributed by atoms with Gasteiger partial charge in [-0.15, -0.1) is 0 Å². The third-order valence-corrected chi connectivity index (χ3v) is 2.66. The first-order valence-corrected chi connectivity index (χ1v) is 5.81. The number of carboxylic acid groups (broad SMARTS) is 1. The highest BCUT2D eigenvalue weighted by molar-refractivity contribution is 6.32. The Morgan fingerprint density at radius 2 is 2.00 bits per heavy atom. The van der Waals surface area contributed by atoms with Crippen LogP contribution >= 0.6 is 11.6 Å². The highest BCUT2D eigenvalue weighted by Crippen LogP contribution is 2.28. The van der Waals surface area contributed by atoms with Gasteiger partial charge in [0.15, 0.2) is 0 Å². The summed E-state index contributed by atoms with van der Waals surface area (Å²) in [6.45, 7) is 0. The van der Waals surface area contributed by atoms with Gasteiger partial charge in [0.25, 0.3) is 0 Å². The normalized spacial score (nSPS) is 10.1. The lowest BCUT2D eigenvalue weighted by atomic mass is 10.2. The Labute approximate surface area is 118 Å². The molecule has 1 aromatic heterocycles. The molecule has 0 unspecified atom stereocenters. The topological polar surface area (TPSA) is 103 Å². The number of pyridine rings is 1. The highest BCUT2D eigenvalue weighted by Gasteiger charge is 2.11. The van der Waals surface area contributed by atoms with E-state index in [9.17, 15) is 9.59 Å².